The maximum absolute atomic E-state index is 13.5. The number of nitrogens with zero attached hydrogens (tertiary/aromatic N) is 3. The van der Waals surface area contributed by atoms with Crippen LogP contribution in [0.2, 0.25) is 0 Å². The Bertz CT molecular complexity index is 999. The Labute approximate surface area is 174 Å². The molecule has 2 aromatic heterocycles. The summed E-state index contributed by atoms with van der Waals surface area (Å²) in [4.78, 5) is 22.1. The van der Waals surface area contributed by atoms with Crippen molar-refractivity contribution in [2.75, 3.05) is 0 Å². The van der Waals surface area contributed by atoms with Crippen molar-refractivity contribution in [3.63, 3.8) is 0 Å². The summed E-state index contributed by atoms with van der Waals surface area (Å²) in [6, 6.07) is 8.37. The Morgan fingerprint density at radius 3 is 2.93 bits per heavy atom. The van der Waals surface area contributed by atoms with E-state index in [1.54, 1.807) is 18.5 Å². The zero-order valence-corrected chi connectivity index (χ0v) is 17.3. The summed E-state index contributed by atoms with van der Waals surface area (Å²) in [6.45, 7) is 2.02. The predicted octanol–water partition coefficient (Wildman–Crippen LogP) is 4.87. The molecule has 1 N–H and O–H groups in total. The highest BCUT2D eigenvalue weighted by molar-refractivity contribution is 7.98. The van der Waals surface area contributed by atoms with Gasteiger partial charge in [0, 0.05) is 18.0 Å². The lowest BCUT2D eigenvalue weighted by atomic mass is 10.1. The minimum Gasteiger partial charge on any atom is -0.352 e. The van der Waals surface area contributed by atoms with Gasteiger partial charge in [-0.2, -0.15) is 0 Å². The Hall–Kier alpha value is -2.41. The van der Waals surface area contributed by atoms with E-state index in [9.17, 15) is 9.18 Å². The van der Waals surface area contributed by atoms with Crippen LogP contribution in [0.25, 0.3) is 11.0 Å². The molecule has 0 spiro atoms. The molecule has 0 radical (unpaired) electrons. The van der Waals surface area contributed by atoms with Crippen LogP contribution in [0.3, 0.4) is 0 Å². The number of halogens is 1. The molecule has 0 aliphatic heterocycles. The number of carbonyl (C=O) groups is 1. The molecule has 1 aromatic carbocycles. The Morgan fingerprint density at radius 1 is 1.34 bits per heavy atom. The van der Waals surface area contributed by atoms with Crippen LogP contribution in [0.15, 0.2) is 47.9 Å². The second-order valence-corrected chi connectivity index (χ2v) is 8.40. The quantitative estimate of drug-likeness (QED) is 0.562. The summed E-state index contributed by atoms with van der Waals surface area (Å²) in [5.74, 6) is 0.369. The number of fused-ring (bicyclic) bond motifs is 1. The van der Waals surface area contributed by atoms with Gasteiger partial charge in [-0.05, 0) is 43.0 Å². The summed E-state index contributed by atoms with van der Waals surface area (Å²) >= 11 is 1.52. The van der Waals surface area contributed by atoms with Crippen LogP contribution in [0, 0.1) is 5.82 Å². The fourth-order valence-electron chi connectivity index (χ4n) is 3.95. The summed E-state index contributed by atoms with van der Waals surface area (Å²) < 4.78 is 15.5. The summed E-state index contributed by atoms with van der Waals surface area (Å²) in [6.07, 6.45) is 8.58. The van der Waals surface area contributed by atoms with Crippen LogP contribution >= 0.6 is 11.8 Å². The van der Waals surface area contributed by atoms with E-state index >= 15 is 0 Å². The van der Waals surface area contributed by atoms with E-state index in [1.807, 2.05) is 23.6 Å². The van der Waals surface area contributed by atoms with Crippen molar-refractivity contribution in [2.24, 2.45) is 0 Å². The Balaban J connectivity index is 1.63. The molecule has 0 saturated heterocycles. The van der Waals surface area contributed by atoms with E-state index in [1.165, 1.54) is 36.7 Å². The van der Waals surface area contributed by atoms with Gasteiger partial charge < -0.3 is 9.88 Å². The average molecular weight is 413 g/mol. The van der Waals surface area contributed by atoms with Crippen molar-refractivity contribution < 1.29 is 9.18 Å². The molecule has 4 rings (SSSR count). The van der Waals surface area contributed by atoms with Gasteiger partial charge in [-0.1, -0.05) is 43.7 Å². The molecule has 0 unspecified atom stereocenters. The smallest absolute Gasteiger partial charge is 0.243 e. The topological polar surface area (TPSA) is 59.8 Å². The highest BCUT2D eigenvalue weighted by Crippen LogP contribution is 2.31. The Morgan fingerprint density at radius 2 is 2.17 bits per heavy atom. The fourth-order valence-corrected chi connectivity index (χ4v) is 4.95. The van der Waals surface area contributed by atoms with Gasteiger partial charge in [0.05, 0.1) is 17.2 Å². The van der Waals surface area contributed by atoms with Gasteiger partial charge in [0.25, 0.3) is 0 Å². The monoisotopic (exact) mass is 412 g/mol. The minimum absolute atomic E-state index is 0.0372. The Kier molecular flexibility index (Phi) is 6.13. The number of nitrogens with one attached hydrogen (secondary N) is 1. The van der Waals surface area contributed by atoms with Crippen LogP contribution in [-0.4, -0.2) is 26.5 Å². The minimum atomic E-state index is -0.347. The second-order valence-electron chi connectivity index (χ2n) is 7.46. The highest BCUT2D eigenvalue weighted by atomic mass is 32.2. The number of amides is 1. The van der Waals surface area contributed by atoms with Crippen LogP contribution in [0.1, 0.15) is 50.6 Å². The number of benzene rings is 1. The lowest BCUT2D eigenvalue weighted by Crippen LogP contribution is -2.38. The van der Waals surface area contributed by atoms with E-state index in [2.05, 4.69) is 10.3 Å². The summed E-state index contributed by atoms with van der Waals surface area (Å²) in [5.41, 5.74) is 2.55. The number of imidazole rings is 1. The first-order chi connectivity index (χ1) is 14.2. The van der Waals surface area contributed by atoms with Crippen molar-refractivity contribution in [1.82, 2.24) is 19.9 Å². The molecule has 1 fully saturated rings. The third-order valence-electron chi connectivity index (χ3n) is 5.42. The van der Waals surface area contributed by atoms with Crippen LogP contribution in [0.5, 0.6) is 0 Å². The van der Waals surface area contributed by atoms with Gasteiger partial charge in [0.15, 0.2) is 5.16 Å². The van der Waals surface area contributed by atoms with E-state index in [0.29, 0.717) is 12.2 Å². The maximum atomic E-state index is 13.5. The molecular weight excluding hydrogens is 387 g/mol. The van der Waals surface area contributed by atoms with E-state index in [4.69, 9.17) is 4.98 Å². The first-order valence-corrected chi connectivity index (χ1v) is 11.1. The summed E-state index contributed by atoms with van der Waals surface area (Å²) in [5, 5.41) is 3.98. The number of thioether (sulfide) groups is 1. The van der Waals surface area contributed by atoms with Gasteiger partial charge in [0.2, 0.25) is 5.91 Å². The maximum Gasteiger partial charge on any atom is 0.243 e. The number of hydrogen-bond acceptors (Lipinski definition) is 4. The van der Waals surface area contributed by atoms with Gasteiger partial charge in [-0.3, -0.25) is 9.78 Å². The van der Waals surface area contributed by atoms with Gasteiger partial charge >= 0.3 is 0 Å². The third-order valence-corrected chi connectivity index (χ3v) is 6.44. The zero-order chi connectivity index (χ0) is 20.2. The number of hydrogen-bond donors (Lipinski definition) is 1. The number of carbonyl (C=O) groups excluding carboxylic acids is 1. The first kappa shape index (κ1) is 19.9. The molecule has 152 valence electrons. The molecule has 7 heteroatoms. The number of pyridine rings is 1. The van der Waals surface area contributed by atoms with E-state index in [0.717, 1.165) is 34.6 Å². The van der Waals surface area contributed by atoms with Crippen molar-refractivity contribution in [2.45, 2.75) is 62.0 Å². The van der Waals surface area contributed by atoms with Crippen LogP contribution < -0.4 is 5.32 Å². The van der Waals surface area contributed by atoms with Gasteiger partial charge in [-0.15, -0.1) is 0 Å². The predicted molar refractivity (Wildman–Crippen MR) is 113 cm³/mol. The van der Waals surface area contributed by atoms with Crippen molar-refractivity contribution in [3.05, 3.63) is 54.1 Å². The number of rotatable bonds is 7. The van der Waals surface area contributed by atoms with Crippen LogP contribution in [-0.2, 0) is 10.5 Å². The van der Waals surface area contributed by atoms with Crippen LogP contribution in [0.4, 0.5) is 4.39 Å². The zero-order valence-electron chi connectivity index (χ0n) is 16.5. The normalized spacial score (nSPS) is 15.7. The summed E-state index contributed by atoms with van der Waals surface area (Å²) in [7, 11) is 0. The first-order valence-electron chi connectivity index (χ1n) is 10.1. The third kappa shape index (κ3) is 4.45. The largest absolute Gasteiger partial charge is 0.352 e. The standard InChI is InChI=1S/C22H25FN4OS/c1-2-19(21(28)25-17-8-3-4-9-17)27-20-13-24-11-10-18(20)26-22(27)29-14-15-6-5-7-16(23)12-15/h5-7,10-13,17,19H,2-4,8-9,14H2,1H3,(H,25,28)/t19-/m1/s1. The molecule has 1 aliphatic carbocycles. The molecule has 1 atom stereocenters. The lowest BCUT2D eigenvalue weighted by molar-refractivity contribution is -0.125. The molecule has 1 amide bonds. The molecule has 5 nitrogen and oxygen atoms in total. The molecular formula is C22H25FN4OS. The molecule has 2 heterocycles. The van der Waals surface area contributed by atoms with E-state index < -0.39 is 0 Å². The molecule has 0 bridgehead atoms. The average Bonchev–Trinajstić information content (AvgIpc) is 3.35. The molecule has 29 heavy (non-hydrogen) atoms. The second kappa shape index (κ2) is 8.95. The molecule has 3 aromatic rings. The highest BCUT2D eigenvalue weighted by Gasteiger charge is 2.27. The van der Waals surface area contributed by atoms with Gasteiger partial charge in [-0.25, -0.2) is 9.37 Å². The SMILES string of the molecule is CC[C@H](C(=O)NC1CCCC1)n1c(SCc2cccc(F)c2)nc2ccncc21. The van der Waals surface area contributed by atoms with E-state index in [-0.39, 0.29) is 23.8 Å². The lowest BCUT2D eigenvalue weighted by Gasteiger charge is -2.22. The van der Waals surface area contributed by atoms with Gasteiger partial charge in [0.1, 0.15) is 11.9 Å². The fraction of sp³-hybridized carbons (Fsp3) is 0.409. The molecule has 1 aliphatic rings. The van der Waals surface area contributed by atoms with Crippen molar-refractivity contribution >= 4 is 28.7 Å². The van der Waals surface area contributed by atoms with Crippen molar-refractivity contribution in [1.29, 1.82) is 0 Å². The molecule has 1 saturated carbocycles. The number of aromatic nitrogens is 3. The van der Waals surface area contributed by atoms with Crippen molar-refractivity contribution in [3.8, 4) is 0 Å².